The minimum atomic E-state index is -3.71. The fraction of sp³-hybridized carbons (Fsp3) is 0.0500. The minimum Gasteiger partial charge on any atom is -0.496 e. The summed E-state index contributed by atoms with van der Waals surface area (Å²) in [5.74, 6) is 0.304. The zero-order chi connectivity index (χ0) is 20.1. The predicted molar refractivity (Wildman–Crippen MR) is 112 cm³/mol. The molecule has 8 heteroatoms. The Labute approximate surface area is 171 Å². The van der Waals surface area contributed by atoms with Gasteiger partial charge in [0.15, 0.2) is 0 Å². The topological polar surface area (TPSA) is 84.5 Å². The maximum atomic E-state index is 12.4. The number of benzene rings is 3. The first-order valence-electron chi connectivity index (χ1n) is 8.22. The summed E-state index contributed by atoms with van der Waals surface area (Å²) >= 11 is 3.34. The molecule has 0 saturated carbocycles. The van der Waals surface area contributed by atoms with Gasteiger partial charge in [-0.1, -0.05) is 18.2 Å². The number of para-hydroxylation sites is 1. The quantitative estimate of drug-likeness (QED) is 0.566. The molecule has 0 aliphatic carbocycles. The largest absolute Gasteiger partial charge is 0.496 e. The van der Waals surface area contributed by atoms with E-state index in [2.05, 4.69) is 26.0 Å². The highest BCUT2D eigenvalue weighted by Gasteiger charge is 2.15. The van der Waals surface area contributed by atoms with Gasteiger partial charge >= 0.3 is 0 Å². The van der Waals surface area contributed by atoms with Crippen molar-refractivity contribution < 1.29 is 17.9 Å². The van der Waals surface area contributed by atoms with Gasteiger partial charge in [0.2, 0.25) is 0 Å². The lowest BCUT2D eigenvalue weighted by Gasteiger charge is -2.10. The lowest BCUT2D eigenvalue weighted by molar-refractivity contribution is 0.102. The molecule has 6 nitrogen and oxygen atoms in total. The summed E-state index contributed by atoms with van der Waals surface area (Å²) in [5, 5.41) is 2.74. The monoisotopic (exact) mass is 460 g/mol. The highest BCUT2D eigenvalue weighted by Crippen LogP contribution is 2.26. The van der Waals surface area contributed by atoms with Crippen LogP contribution in [0, 0.1) is 0 Å². The van der Waals surface area contributed by atoms with Crippen molar-refractivity contribution in [1.29, 1.82) is 0 Å². The second-order valence-corrected chi connectivity index (χ2v) is 8.34. The molecule has 2 N–H and O–H groups in total. The van der Waals surface area contributed by atoms with Crippen molar-refractivity contribution in [3.8, 4) is 5.75 Å². The molecule has 0 spiro atoms. The van der Waals surface area contributed by atoms with E-state index >= 15 is 0 Å². The Kier molecular flexibility index (Phi) is 6.01. The van der Waals surface area contributed by atoms with Crippen LogP contribution in [0.4, 0.5) is 11.4 Å². The summed E-state index contributed by atoms with van der Waals surface area (Å²) in [6.45, 7) is 0. The molecule has 3 rings (SSSR count). The average molecular weight is 461 g/mol. The molecule has 0 fully saturated rings. The summed E-state index contributed by atoms with van der Waals surface area (Å²) < 4.78 is 33.2. The van der Waals surface area contributed by atoms with E-state index in [1.54, 1.807) is 55.6 Å². The molecule has 0 radical (unpaired) electrons. The molecule has 3 aromatic carbocycles. The van der Waals surface area contributed by atoms with E-state index in [4.69, 9.17) is 4.74 Å². The first-order valence-corrected chi connectivity index (χ1v) is 10.5. The lowest BCUT2D eigenvalue weighted by atomic mass is 10.2. The molecule has 144 valence electrons. The van der Waals surface area contributed by atoms with E-state index in [-0.39, 0.29) is 10.8 Å². The van der Waals surface area contributed by atoms with Gasteiger partial charge in [0.1, 0.15) is 5.75 Å². The van der Waals surface area contributed by atoms with E-state index in [9.17, 15) is 13.2 Å². The lowest BCUT2D eigenvalue weighted by Crippen LogP contribution is -2.14. The number of nitrogens with one attached hydrogen (secondary N) is 2. The molecule has 0 aliphatic rings. The second kappa shape index (κ2) is 8.45. The van der Waals surface area contributed by atoms with Crippen molar-refractivity contribution in [3.05, 3.63) is 82.8 Å². The molecule has 0 aromatic heterocycles. The number of halogens is 1. The first kappa shape index (κ1) is 19.9. The van der Waals surface area contributed by atoms with E-state index in [0.717, 1.165) is 0 Å². The summed E-state index contributed by atoms with van der Waals surface area (Å²) in [6.07, 6.45) is 0. The smallest absolute Gasteiger partial charge is 0.261 e. The molecule has 0 saturated heterocycles. The third-order valence-electron chi connectivity index (χ3n) is 3.86. The van der Waals surface area contributed by atoms with Crippen LogP contribution in [-0.4, -0.2) is 21.4 Å². The van der Waals surface area contributed by atoms with Gasteiger partial charge in [0.05, 0.1) is 16.5 Å². The molecular weight excluding hydrogens is 444 g/mol. The van der Waals surface area contributed by atoms with E-state index < -0.39 is 10.0 Å². The zero-order valence-corrected chi connectivity index (χ0v) is 17.2. The van der Waals surface area contributed by atoms with E-state index in [0.29, 0.717) is 27.2 Å². The molecule has 0 unspecified atom stereocenters. The van der Waals surface area contributed by atoms with Crippen LogP contribution in [0.3, 0.4) is 0 Å². The Morgan fingerprint density at radius 2 is 1.61 bits per heavy atom. The Hall–Kier alpha value is -2.84. The van der Waals surface area contributed by atoms with Crippen LogP contribution in [0.15, 0.2) is 82.2 Å². The normalized spacial score (nSPS) is 10.9. The number of ether oxygens (including phenoxy) is 1. The molecule has 28 heavy (non-hydrogen) atoms. The number of sulfonamides is 1. The van der Waals surface area contributed by atoms with Crippen molar-refractivity contribution in [1.82, 2.24) is 0 Å². The SMILES string of the molecule is COc1ccc(C(=O)Nc2ccc(S(=O)(=O)Nc3ccccc3)cc2)cc1Br. The Bertz CT molecular complexity index is 1080. The van der Waals surface area contributed by atoms with Crippen LogP contribution in [0.25, 0.3) is 0 Å². The van der Waals surface area contributed by atoms with Gasteiger partial charge < -0.3 is 10.1 Å². The highest BCUT2D eigenvalue weighted by molar-refractivity contribution is 9.10. The molecule has 0 heterocycles. The maximum Gasteiger partial charge on any atom is 0.261 e. The van der Waals surface area contributed by atoms with Crippen LogP contribution >= 0.6 is 15.9 Å². The van der Waals surface area contributed by atoms with Crippen LogP contribution in [0.5, 0.6) is 5.75 Å². The molecule has 0 bridgehead atoms. The number of anilines is 2. The first-order chi connectivity index (χ1) is 13.4. The van der Waals surface area contributed by atoms with Crippen LogP contribution in [0.2, 0.25) is 0 Å². The fourth-order valence-electron chi connectivity index (χ4n) is 2.45. The summed E-state index contributed by atoms with van der Waals surface area (Å²) in [5.41, 5.74) is 1.40. The van der Waals surface area contributed by atoms with Crippen LogP contribution < -0.4 is 14.8 Å². The van der Waals surface area contributed by atoms with Crippen LogP contribution in [-0.2, 0) is 10.0 Å². The van der Waals surface area contributed by atoms with Gasteiger partial charge in [-0.2, -0.15) is 0 Å². The molecular formula is C20H17BrN2O4S. The summed E-state index contributed by atoms with van der Waals surface area (Å²) in [6, 6.07) is 19.5. The summed E-state index contributed by atoms with van der Waals surface area (Å²) in [4.78, 5) is 12.5. The van der Waals surface area contributed by atoms with Crippen LogP contribution in [0.1, 0.15) is 10.4 Å². The number of amides is 1. The number of hydrogen-bond acceptors (Lipinski definition) is 4. The third kappa shape index (κ3) is 4.71. The van der Waals surface area contributed by atoms with Crippen molar-refractivity contribution >= 4 is 43.2 Å². The Morgan fingerprint density at radius 3 is 2.21 bits per heavy atom. The highest BCUT2D eigenvalue weighted by atomic mass is 79.9. The molecule has 0 aliphatic heterocycles. The van der Waals surface area contributed by atoms with Gasteiger partial charge in [-0.15, -0.1) is 0 Å². The molecule has 1 amide bonds. The third-order valence-corrected chi connectivity index (χ3v) is 5.88. The fourth-order valence-corrected chi connectivity index (χ4v) is 4.05. The summed E-state index contributed by atoms with van der Waals surface area (Å²) in [7, 11) is -2.16. The van der Waals surface area contributed by atoms with Crippen molar-refractivity contribution in [2.45, 2.75) is 4.90 Å². The minimum absolute atomic E-state index is 0.0987. The van der Waals surface area contributed by atoms with Gasteiger partial charge in [-0.25, -0.2) is 8.42 Å². The number of carbonyl (C=O) groups excluding carboxylic acids is 1. The van der Waals surface area contributed by atoms with Gasteiger partial charge in [0, 0.05) is 16.9 Å². The van der Waals surface area contributed by atoms with Gasteiger partial charge in [0.25, 0.3) is 15.9 Å². The second-order valence-electron chi connectivity index (χ2n) is 5.80. The average Bonchev–Trinajstić information content (AvgIpc) is 2.68. The number of carbonyl (C=O) groups is 1. The zero-order valence-electron chi connectivity index (χ0n) is 14.8. The molecule has 3 aromatic rings. The predicted octanol–water partition coefficient (Wildman–Crippen LogP) is 4.51. The van der Waals surface area contributed by atoms with Gasteiger partial charge in [-0.3, -0.25) is 9.52 Å². The van der Waals surface area contributed by atoms with Crippen molar-refractivity contribution in [2.24, 2.45) is 0 Å². The van der Waals surface area contributed by atoms with Crippen molar-refractivity contribution in [3.63, 3.8) is 0 Å². The number of hydrogen-bond donors (Lipinski definition) is 2. The molecule has 0 atom stereocenters. The Morgan fingerprint density at radius 1 is 0.929 bits per heavy atom. The number of methoxy groups -OCH3 is 1. The standard InChI is InChI=1S/C20H17BrN2O4S/c1-27-19-12-7-14(13-18(19)21)20(24)22-15-8-10-17(11-9-15)28(25,26)23-16-5-3-2-4-6-16/h2-13,23H,1H3,(H,22,24). The van der Waals surface area contributed by atoms with Crippen molar-refractivity contribution in [2.75, 3.05) is 17.1 Å². The number of rotatable bonds is 6. The van der Waals surface area contributed by atoms with E-state index in [1.807, 2.05) is 0 Å². The van der Waals surface area contributed by atoms with Gasteiger partial charge in [-0.05, 0) is 70.5 Å². The Balaban J connectivity index is 1.72. The maximum absolute atomic E-state index is 12.4. The van der Waals surface area contributed by atoms with E-state index in [1.165, 1.54) is 24.3 Å².